The molecule has 5 rings (SSSR count). The molecule has 2 saturated heterocycles. The lowest BCUT2D eigenvalue weighted by Gasteiger charge is -2.39. The third kappa shape index (κ3) is 2.12. The molecule has 1 spiro atoms. The van der Waals surface area contributed by atoms with Gasteiger partial charge in [-0.15, -0.1) is 0 Å². The quantitative estimate of drug-likeness (QED) is 0.787. The summed E-state index contributed by atoms with van der Waals surface area (Å²) in [6.45, 7) is 2.66. The third-order valence-electron chi connectivity index (χ3n) is 6.10. The van der Waals surface area contributed by atoms with Gasteiger partial charge in [0.15, 0.2) is 0 Å². The van der Waals surface area contributed by atoms with Crippen molar-refractivity contribution in [2.75, 3.05) is 13.2 Å². The molecule has 4 nitrogen and oxygen atoms in total. The summed E-state index contributed by atoms with van der Waals surface area (Å²) in [4.78, 5) is 12.8. The van der Waals surface area contributed by atoms with Crippen LogP contribution in [0.3, 0.4) is 0 Å². The predicted octanol–water partition coefficient (Wildman–Crippen LogP) is 3.93. The topological polar surface area (TPSA) is 44.8 Å². The smallest absolute Gasteiger partial charge is 0.312 e. The Morgan fingerprint density at radius 1 is 1.12 bits per heavy atom. The number of fused-ring (bicyclic) bond motifs is 4. The molecule has 134 valence electrons. The van der Waals surface area contributed by atoms with Crippen LogP contribution < -0.4 is 0 Å². The average Bonchev–Trinajstić information content (AvgIpc) is 3.23. The highest BCUT2D eigenvalue weighted by Crippen LogP contribution is 2.64. The molecule has 0 saturated carbocycles. The SMILES string of the molecule is CCOC(=O)[C@@H]1C[C@@H]2O[C@]13COC(c1ccccc1)[C@@H]3c1ccccc12. The van der Waals surface area contributed by atoms with E-state index in [4.69, 9.17) is 14.2 Å². The van der Waals surface area contributed by atoms with E-state index in [0.29, 0.717) is 19.6 Å². The zero-order valence-corrected chi connectivity index (χ0v) is 14.8. The van der Waals surface area contributed by atoms with E-state index in [9.17, 15) is 4.79 Å². The first-order chi connectivity index (χ1) is 12.7. The van der Waals surface area contributed by atoms with Crippen LogP contribution in [0.4, 0.5) is 0 Å². The molecule has 3 aliphatic heterocycles. The molecule has 3 aliphatic rings. The summed E-state index contributed by atoms with van der Waals surface area (Å²) in [5, 5.41) is 0. The van der Waals surface area contributed by atoms with E-state index in [1.165, 1.54) is 11.1 Å². The van der Waals surface area contributed by atoms with Gasteiger partial charge in [-0.3, -0.25) is 4.79 Å². The van der Waals surface area contributed by atoms with Gasteiger partial charge in [-0.1, -0.05) is 54.6 Å². The Balaban J connectivity index is 1.65. The number of carbonyl (C=O) groups excluding carboxylic acids is 1. The predicted molar refractivity (Wildman–Crippen MR) is 95.6 cm³/mol. The molecule has 2 fully saturated rings. The van der Waals surface area contributed by atoms with Gasteiger partial charge in [-0.2, -0.15) is 0 Å². The van der Waals surface area contributed by atoms with Crippen molar-refractivity contribution in [2.24, 2.45) is 5.92 Å². The van der Waals surface area contributed by atoms with Crippen molar-refractivity contribution in [1.82, 2.24) is 0 Å². The molecule has 0 N–H and O–H groups in total. The van der Waals surface area contributed by atoms with Gasteiger partial charge in [-0.05, 0) is 30.0 Å². The maximum absolute atomic E-state index is 12.8. The summed E-state index contributed by atoms with van der Waals surface area (Å²) in [7, 11) is 0. The molecule has 0 aliphatic carbocycles. The summed E-state index contributed by atoms with van der Waals surface area (Å²) < 4.78 is 18.2. The van der Waals surface area contributed by atoms with Gasteiger partial charge in [0.25, 0.3) is 0 Å². The molecule has 0 amide bonds. The lowest BCUT2D eigenvalue weighted by molar-refractivity contribution is -0.157. The fourth-order valence-electron chi connectivity index (χ4n) is 5.07. The van der Waals surface area contributed by atoms with E-state index in [0.717, 1.165) is 5.56 Å². The minimum absolute atomic E-state index is 0.00532. The second-order valence-electron chi connectivity index (χ2n) is 7.35. The summed E-state index contributed by atoms with van der Waals surface area (Å²) in [5.74, 6) is -0.460. The van der Waals surface area contributed by atoms with Crippen molar-refractivity contribution in [2.45, 2.75) is 37.1 Å². The molecule has 4 heteroatoms. The zero-order chi connectivity index (χ0) is 17.7. The molecule has 2 aromatic carbocycles. The van der Waals surface area contributed by atoms with Gasteiger partial charge in [0.2, 0.25) is 0 Å². The summed E-state index contributed by atoms with van der Waals surface area (Å²) >= 11 is 0. The maximum atomic E-state index is 12.8. The van der Waals surface area contributed by atoms with Crippen molar-refractivity contribution in [1.29, 1.82) is 0 Å². The van der Waals surface area contributed by atoms with E-state index >= 15 is 0 Å². The van der Waals surface area contributed by atoms with Crippen molar-refractivity contribution in [3.05, 3.63) is 71.3 Å². The van der Waals surface area contributed by atoms with Gasteiger partial charge >= 0.3 is 5.97 Å². The molecule has 2 bridgehead atoms. The molecule has 0 radical (unpaired) electrons. The van der Waals surface area contributed by atoms with E-state index < -0.39 is 5.60 Å². The Morgan fingerprint density at radius 2 is 1.85 bits per heavy atom. The molecular formula is C22H22O4. The number of benzene rings is 2. The molecular weight excluding hydrogens is 328 g/mol. The van der Waals surface area contributed by atoms with Gasteiger partial charge in [0.1, 0.15) is 5.60 Å². The van der Waals surface area contributed by atoms with E-state index in [1.807, 2.05) is 31.2 Å². The lowest BCUT2D eigenvalue weighted by Crippen LogP contribution is -2.47. The first kappa shape index (κ1) is 16.0. The molecule has 0 aromatic heterocycles. The highest BCUT2D eigenvalue weighted by Gasteiger charge is 2.66. The molecule has 5 atom stereocenters. The monoisotopic (exact) mass is 350 g/mol. The Kier molecular flexibility index (Phi) is 3.66. The lowest BCUT2D eigenvalue weighted by atomic mass is 9.72. The summed E-state index contributed by atoms with van der Waals surface area (Å²) in [6, 6.07) is 18.6. The largest absolute Gasteiger partial charge is 0.466 e. The number of hydrogen-bond acceptors (Lipinski definition) is 4. The van der Waals surface area contributed by atoms with Crippen molar-refractivity contribution >= 4 is 5.97 Å². The Hall–Kier alpha value is -2.17. The first-order valence-electron chi connectivity index (χ1n) is 9.34. The van der Waals surface area contributed by atoms with Crippen molar-refractivity contribution < 1.29 is 19.0 Å². The van der Waals surface area contributed by atoms with E-state index in [2.05, 4.69) is 30.3 Å². The molecule has 2 aromatic rings. The van der Waals surface area contributed by atoms with Gasteiger partial charge in [0.05, 0.1) is 31.3 Å². The normalized spacial score (nSPS) is 34.2. The second kappa shape index (κ2) is 5.93. The van der Waals surface area contributed by atoms with Crippen molar-refractivity contribution in [3.8, 4) is 0 Å². The van der Waals surface area contributed by atoms with Crippen LogP contribution >= 0.6 is 0 Å². The second-order valence-corrected chi connectivity index (χ2v) is 7.35. The minimum Gasteiger partial charge on any atom is -0.466 e. The van der Waals surface area contributed by atoms with E-state index in [1.54, 1.807) is 0 Å². The molecule has 3 heterocycles. The number of hydrogen-bond donors (Lipinski definition) is 0. The van der Waals surface area contributed by atoms with Gasteiger partial charge in [-0.25, -0.2) is 0 Å². The third-order valence-corrected chi connectivity index (χ3v) is 6.10. The number of rotatable bonds is 3. The Bertz CT molecular complexity index is 833. The van der Waals surface area contributed by atoms with Crippen LogP contribution in [0, 0.1) is 5.92 Å². The highest BCUT2D eigenvalue weighted by molar-refractivity contribution is 5.75. The van der Waals surface area contributed by atoms with Crippen LogP contribution in [0.2, 0.25) is 0 Å². The zero-order valence-electron chi connectivity index (χ0n) is 14.8. The first-order valence-corrected chi connectivity index (χ1v) is 9.34. The fraction of sp³-hybridized carbons (Fsp3) is 0.409. The van der Waals surface area contributed by atoms with Crippen LogP contribution in [0.15, 0.2) is 54.6 Å². The summed E-state index contributed by atoms with van der Waals surface area (Å²) in [5.41, 5.74) is 2.93. The number of carbonyl (C=O) groups is 1. The molecule has 1 unspecified atom stereocenters. The van der Waals surface area contributed by atoms with Crippen LogP contribution in [-0.4, -0.2) is 24.8 Å². The number of ether oxygens (including phenoxy) is 3. The molecule has 26 heavy (non-hydrogen) atoms. The minimum atomic E-state index is -0.633. The van der Waals surface area contributed by atoms with Crippen LogP contribution in [-0.2, 0) is 19.0 Å². The van der Waals surface area contributed by atoms with Crippen LogP contribution in [0.5, 0.6) is 0 Å². The van der Waals surface area contributed by atoms with Crippen LogP contribution in [0.1, 0.15) is 48.2 Å². The van der Waals surface area contributed by atoms with Crippen LogP contribution in [0.25, 0.3) is 0 Å². The maximum Gasteiger partial charge on any atom is 0.312 e. The number of esters is 1. The Morgan fingerprint density at radius 3 is 2.62 bits per heavy atom. The van der Waals surface area contributed by atoms with Gasteiger partial charge < -0.3 is 14.2 Å². The standard InChI is InChI=1S/C22H22O4/c1-2-24-21(23)17-12-18-15-10-6-7-11-16(15)19-20(14-8-4-3-5-9-14)25-13-22(17,19)26-18/h3-11,17-20H,2,12-13H2,1H3/t17-,18-,19-,20?,22+/m0/s1. The average molecular weight is 350 g/mol. The van der Waals surface area contributed by atoms with Gasteiger partial charge in [0, 0.05) is 5.92 Å². The summed E-state index contributed by atoms with van der Waals surface area (Å²) in [6.07, 6.45) is 0.486. The highest BCUT2D eigenvalue weighted by atomic mass is 16.6. The Labute approximate surface area is 153 Å². The van der Waals surface area contributed by atoms with E-state index in [-0.39, 0.29) is 30.0 Å². The fourth-order valence-corrected chi connectivity index (χ4v) is 5.07. The van der Waals surface area contributed by atoms with Crippen molar-refractivity contribution in [3.63, 3.8) is 0 Å².